The van der Waals surface area contributed by atoms with E-state index < -0.39 is 6.10 Å². The first-order valence-corrected chi connectivity index (χ1v) is 10.9. The third-order valence-corrected chi connectivity index (χ3v) is 5.33. The van der Waals surface area contributed by atoms with Crippen molar-refractivity contribution in [2.24, 2.45) is 5.92 Å². The zero-order chi connectivity index (χ0) is 21.1. The molecular formula is C25H36FNO2. The Morgan fingerprint density at radius 3 is 2.31 bits per heavy atom. The highest BCUT2D eigenvalue weighted by molar-refractivity contribution is 5.31. The summed E-state index contributed by atoms with van der Waals surface area (Å²) >= 11 is 0. The minimum Gasteiger partial charge on any atom is -0.493 e. The zero-order valence-electron chi connectivity index (χ0n) is 18.0. The fourth-order valence-corrected chi connectivity index (χ4v) is 3.66. The van der Waals surface area contributed by atoms with Gasteiger partial charge >= 0.3 is 0 Å². The Morgan fingerprint density at radius 1 is 0.966 bits per heavy atom. The molecule has 3 nitrogen and oxygen atoms in total. The Labute approximate surface area is 175 Å². The Hall–Kier alpha value is -1.91. The van der Waals surface area contributed by atoms with Crippen LogP contribution in [0.5, 0.6) is 5.75 Å². The predicted octanol–water partition coefficient (Wildman–Crippen LogP) is 6.20. The molecular weight excluding hydrogens is 365 g/mol. The third-order valence-electron chi connectivity index (χ3n) is 5.33. The number of hydrogen-bond donors (Lipinski definition) is 2. The minimum atomic E-state index is -0.731. The van der Waals surface area contributed by atoms with Crippen molar-refractivity contribution in [2.45, 2.75) is 65.0 Å². The first-order valence-electron chi connectivity index (χ1n) is 10.9. The minimum absolute atomic E-state index is 0.198. The molecule has 0 spiro atoms. The molecule has 0 heterocycles. The van der Waals surface area contributed by atoms with E-state index in [0.29, 0.717) is 36.8 Å². The quantitative estimate of drug-likeness (QED) is 0.420. The molecule has 4 heteroatoms. The summed E-state index contributed by atoms with van der Waals surface area (Å²) in [5.41, 5.74) is 1.77. The molecule has 2 atom stereocenters. The van der Waals surface area contributed by atoms with Crippen molar-refractivity contribution in [1.82, 2.24) is 5.32 Å². The molecule has 160 valence electrons. The van der Waals surface area contributed by atoms with Gasteiger partial charge in [-0.15, -0.1) is 0 Å². The highest BCUT2D eigenvalue weighted by atomic mass is 19.1. The average Bonchev–Trinajstić information content (AvgIpc) is 2.72. The maximum absolute atomic E-state index is 14.1. The number of hydrogen-bond acceptors (Lipinski definition) is 3. The van der Waals surface area contributed by atoms with Gasteiger partial charge in [-0.1, -0.05) is 57.0 Å². The predicted molar refractivity (Wildman–Crippen MR) is 118 cm³/mol. The highest BCUT2D eigenvalue weighted by Crippen LogP contribution is 2.25. The van der Waals surface area contributed by atoms with E-state index in [4.69, 9.17) is 4.74 Å². The molecule has 0 bridgehead atoms. The summed E-state index contributed by atoms with van der Waals surface area (Å²) in [6.07, 6.45) is 4.25. The molecule has 2 aromatic carbocycles. The lowest BCUT2D eigenvalue weighted by Crippen LogP contribution is -2.21. The van der Waals surface area contributed by atoms with Crippen LogP contribution in [0, 0.1) is 11.7 Å². The highest BCUT2D eigenvalue weighted by Gasteiger charge is 2.13. The summed E-state index contributed by atoms with van der Waals surface area (Å²) in [5, 5.41) is 13.9. The first kappa shape index (κ1) is 23.4. The van der Waals surface area contributed by atoms with E-state index in [1.165, 1.54) is 17.7 Å². The molecule has 0 aromatic heterocycles. The third kappa shape index (κ3) is 8.15. The van der Waals surface area contributed by atoms with Crippen LogP contribution in [0.15, 0.2) is 48.5 Å². The van der Waals surface area contributed by atoms with E-state index in [9.17, 15) is 9.50 Å². The summed E-state index contributed by atoms with van der Waals surface area (Å²) in [5.74, 6) is 0.622. The zero-order valence-corrected chi connectivity index (χ0v) is 18.0. The van der Waals surface area contributed by atoms with Crippen molar-refractivity contribution in [3.63, 3.8) is 0 Å². The lowest BCUT2D eigenvalue weighted by atomic mass is 9.99. The summed E-state index contributed by atoms with van der Waals surface area (Å²) in [6, 6.07) is 14.9. The molecule has 0 unspecified atom stereocenters. The molecule has 2 aromatic rings. The second-order valence-corrected chi connectivity index (χ2v) is 7.87. The number of nitrogens with one attached hydrogen (secondary N) is 1. The van der Waals surface area contributed by atoms with Gasteiger partial charge in [-0.2, -0.15) is 0 Å². The van der Waals surface area contributed by atoms with Crippen LogP contribution in [0.4, 0.5) is 4.39 Å². The summed E-state index contributed by atoms with van der Waals surface area (Å²) in [7, 11) is 0. The summed E-state index contributed by atoms with van der Waals surface area (Å²) in [6.45, 7) is 7.67. The van der Waals surface area contributed by atoms with Crippen molar-refractivity contribution in [1.29, 1.82) is 0 Å². The van der Waals surface area contributed by atoms with Crippen LogP contribution in [-0.4, -0.2) is 18.3 Å². The fourth-order valence-electron chi connectivity index (χ4n) is 3.66. The maximum Gasteiger partial charge on any atom is 0.127 e. The summed E-state index contributed by atoms with van der Waals surface area (Å²) < 4.78 is 20.0. The molecule has 29 heavy (non-hydrogen) atoms. The Balaban J connectivity index is 1.88. The van der Waals surface area contributed by atoms with Crippen LogP contribution in [-0.2, 0) is 0 Å². The van der Waals surface area contributed by atoms with Gasteiger partial charge in [0.1, 0.15) is 11.6 Å². The van der Waals surface area contributed by atoms with Crippen molar-refractivity contribution in [2.75, 3.05) is 13.2 Å². The van der Waals surface area contributed by atoms with E-state index in [-0.39, 0.29) is 11.9 Å². The second kappa shape index (κ2) is 12.6. The second-order valence-electron chi connectivity index (χ2n) is 7.87. The normalized spacial score (nSPS) is 13.4. The maximum atomic E-state index is 14.1. The van der Waals surface area contributed by atoms with Crippen LogP contribution in [0.1, 0.15) is 76.1 Å². The van der Waals surface area contributed by atoms with Crippen LogP contribution in [0.2, 0.25) is 0 Å². The molecule has 0 saturated carbocycles. The SMILES string of the molecule is CCCC(CCC)COc1cc(F)cc([C@H](O)CCN[C@@H](C)c2ccccc2)c1. The van der Waals surface area contributed by atoms with E-state index in [1.54, 1.807) is 6.07 Å². The van der Waals surface area contributed by atoms with Gasteiger partial charge in [-0.05, 0) is 61.9 Å². The van der Waals surface area contributed by atoms with Gasteiger partial charge in [0, 0.05) is 12.1 Å². The lowest BCUT2D eigenvalue weighted by Gasteiger charge is -2.19. The monoisotopic (exact) mass is 401 g/mol. The Kier molecular flexibility index (Phi) is 10.2. The van der Waals surface area contributed by atoms with Crippen LogP contribution < -0.4 is 10.1 Å². The van der Waals surface area contributed by atoms with Gasteiger partial charge in [0.15, 0.2) is 0 Å². The molecule has 0 amide bonds. The van der Waals surface area contributed by atoms with Crippen molar-refractivity contribution in [3.8, 4) is 5.75 Å². The topological polar surface area (TPSA) is 41.5 Å². The average molecular weight is 402 g/mol. The van der Waals surface area contributed by atoms with Crippen molar-refractivity contribution >= 4 is 0 Å². The lowest BCUT2D eigenvalue weighted by molar-refractivity contribution is 0.164. The number of halogens is 1. The largest absolute Gasteiger partial charge is 0.493 e. The molecule has 2 rings (SSSR count). The molecule has 0 fully saturated rings. The standard InChI is InChI=1S/C25H36FNO2/c1-4-9-20(10-5-2)18-29-24-16-22(15-23(26)17-24)25(28)13-14-27-19(3)21-11-7-6-8-12-21/h6-8,11-12,15-17,19-20,25,27-28H,4-5,9-10,13-14,18H2,1-3H3/t19-,25+/m0/s1. The fraction of sp³-hybridized carbons (Fsp3) is 0.520. The van der Waals surface area contributed by atoms with E-state index in [2.05, 4.69) is 38.2 Å². The van der Waals surface area contributed by atoms with Crippen molar-refractivity contribution < 1.29 is 14.2 Å². The first-order chi connectivity index (χ1) is 14.0. The molecule has 2 N–H and O–H groups in total. The van der Waals surface area contributed by atoms with Gasteiger partial charge in [-0.3, -0.25) is 0 Å². The smallest absolute Gasteiger partial charge is 0.127 e. The molecule has 0 aliphatic heterocycles. The van der Waals surface area contributed by atoms with Gasteiger partial charge in [0.05, 0.1) is 12.7 Å². The van der Waals surface area contributed by atoms with Crippen LogP contribution in [0.3, 0.4) is 0 Å². The molecule has 0 radical (unpaired) electrons. The van der Waals surface area contributed by atoms with E-state index in [1.807, 2.05) is 18.2 Å². The van der Waals surface area contributed by atoms with Gasteiger partial charge in [-0.25, -0.2) is 4.39 Å². The number of benzene rings is 2. The van der Waals surface area contributed by atoms with Gasteiger partial charge in [0.25, 0.3) is 0 Å². The molecule has 0 saturated heterocycles. The molecule has 0 aliphatic carbocycles. The van der Waals surface area contributed by atoms with E-state index >= 15 is 0 Å². The van der Waals surface area contributed by atoms with Crippen LogP contribution in [0.25, 0.3) is 0 Å². The number of aliphatic hydroxyl groups excluding tert-OH is 1. The molecule has 0 aliphatic rings. The Bertz CT molecular complexity index is 701. The number of ether oxygens (including phenoxy) is 1. The number of rotatable bonds is 13. The van der Waals surface area contributed by atoms with Crippen LogP contribution >= 0.6 is 0 Å². The van der Waals surface area contributed by atoms with E-state index in [0.717, 1.165) is 25.7 Å². The summed E-state index contributed by atoms with van der Waals surface area (Å²) in [4.78, 5) is 0. The van der Waals surface area contributed by atoms with Crippen molar-refractivity contribution in [3.05, 3.63) is 65.5 Å². The number of aliphatic hydroxyl groups is 1. The Morgan fingerprint density at radius 2 is 1.66 bits per heavy atom. The van der Waals surface area contributed by atoms with Gasteiger partial charge < -0.3 is 15.2 Å². The van der Waals surface area contributed by atoms with Gasteiger partial charge in [0.2, 0.25) is 0 Å².